The van der Waals surface area contributed by atoms with Gasteiger partial charge in [0.25, 0.3) is 11.8 Å². The molecule has 1 N–H and O–H groups in total. The smallest absolute Gasteiger partial charge is 0.269 e. The van der Waals surface area contributed by atoms with Crippen LogP contribution in [0.5, 0.6) is 0 Å². The summed E-state index contributed by atoms with van der Waals surface area (Å²) in [6.07, 6.45) is 0.0111. The SMILES string of the molecule is CC#CCC(=O)N(NC(=O)c1cccc(F)c1)C(C)(C)C. The first-order valence-electron chi connectivity index (χ1n) is 6.55. The van der Waals surface area contributed by atoms with Gasteiger partial charge in [0.05, 0.1) is 12.0 Å². The standard InChI is InChI=1S/C16H19FN2O2/c1-5-6-10-14(20)19(16(2,3)4)18-15(21)12-8-7-9-13(17)11-12/h7-9,11H,10H2,1-4H3,(H,18,21). The summed E-state index contributed by atoms with van der Waals surface area (Å²) in [7, 11) is 0. The molecular formula is C16H19FN2O2. The van der Waals surface area contributed by atoms with Crippen LogP contribution in [0.25, 0.3) is 0 Å². The summed E-state index contributed by atoms with van der Waals surface area (Å²) >= 11 is 0. The zero-order valence-corrected chi connectivity index (χ0v) is 12.7. The zero-order chi connectivity index (χ0) is 16.0. The highest BCUT2D eigenvalue weighted by Gasteiger charge is 2.28. The first-order valence-corrected chi connectivity index (χ1v) is 6.55. The lowest BCUT2D eigenvalue weighted by molar-refractivity contribution is -0.138. The second-order valence-corrected chi connectivity index (χ2v) is 5.45. The van der Waals surface area contributed by atoms with Crippen molar-refractivity contribution in [3.63, 3.8) is 0 Å². The molecule has 0 unspecified atom stereocenters. The van der Waals surface area contributed by atoms with Crippen molar-refractivity contribution < 1.29 is 14.0 Å². The third-order valence-electron chi connectivity index (χ3n) is 2.64. The van der Waals surface area contributed by atoms with Crippen molar-refractivity contribution in [3.8, 4) is 11.8 Å². The number of halogens is 1. The molecule has 0 atom stereocenters. The quantitative estimate of drug-likeness (QED) is 0.672. The summed E-state index contributed by atoms with van der Waals surface area (Å²) in [4.78, 5) is 24.2. The molecule has 0 heterocycles. The Morgan fingerprint density at radius 3 is 2.52 bits per heavy atom. The highest BCUT2D eigenvalue weighted by molar-refractivity contribution is 5.95. The Hall–Kier alpha value is -2.35. The third kappa shape index (κ3) is 4.92. The van der Waals surface area contributed by atoms with Gasteiger partial charge in [0.1, 0.15) is 5.82 Å². The minimum absolute atomic E-state index is 0.0111. The number of hydrogen-bond acceptors (Lipinski definition) is 2. The molecule has 0 fully saturated rings. The van der Waals surface area contributed by atoms with Gasteiger partial charge in [-0.05, 0) is 45.9 Å². The van der Waals surface area contributed by atoms with Crippen molar-refractivity contribution in [3.05, 3.63) is 35.6 Å². The lowest BCUT2D eigenvalue weighted by atomic mass is 10.1. The Labute approximate surface area is 124 Å². The van der Waals surface area contributed by atoms with Crippen LogP contribution in [-0.4, -0.2) is 22.4 Å². The second kappa shape index (κ2) is 6.89. The molecule has 1 aromatic carbocycles. The van der Waals surface area contributed by atoms with E-state index >= 15 is 0 Å². The maximum absolute atomic E-state index is 13.1. The van der Waals surface area contributed by atoms with Crippen LogP contribution < -0.4 is 5.43 Å². The number of carbonyl (C=O) groups is 2. The summed E-state index contributed by atoms with van der Waals surface area (Å²) in [6.45, 7) is 7.00. The van der Waals surface area contributed by atoms with E-state index in [1.165, 1.54) is 23.2 Å². The highest BCUT2D eigenvalue weighted by atomic mass is 19.1. The number of benzene rings is 1. The molecular weight excluding hydrogens is 271 g/mol. The van der Waals surface area contributed by atoms with Gasteiger partial charge in [-0.25, -0.2) is 9.40 Å². The molecule has 1 rings (SSSR count). The average molecular weight is 290 g/mol. The molecule has 0 aliphatic heterocycles. The van der Waals surface area contributed by atoms with Crippen LogP contribution in [0.3, 0.4) is 0 Å². The molecule has 0 saturated heterocycles. The average Bonchev–Trinajstić information content (AvgIpc) is 2.40. The van der Waals surface area contributed by atoms with Crippen LogP contribution in [0.2, 0.25) is 0 Å². The van der Waals surface area contributed by atoms with Crippen LogP contribution in [0.4, 0.5) is 4.39 Å². The van der Waals surface area contributed by atoms with Crippen LogP contribution in [0.1, 0.15) is 44.5 Å². The molecule has 0 spiro atoms. The molecule has 2 amide bonds. The van der Waals surface area contributed by atoms with Gasteiger partial charge >= 0.3 is 0 Å². The summed E-state index contributed by atoms with van der Waals surface area (Å²) in [5.41, 5.74) is 2.06. The number of nitrogens with one attached hydrogen (secondary N) is 1. The number of nitrogens with zero attached hydrogens (tertiary/aromatic N) is 1. The fourth-order valence-corrected chi connectivity index (χ4v) is 1.64. The summed E-state index contributed by atoms with van der Waals surface area (Å²) in [5.74, 6) is 3.94. The lowest BCUT2D eigenvalue weighted by Crippen LogP contribution is -2.55. The van der Waals surface area contributed by atoms with Gasteiger partial charge in [0, 0.05) is 5.56 Å². The molecule has 5 heteroatoms. The van der Waals surface area contributed by atoms with Crippen molar-refractivity contribution in [2.24, 2.45) is 0 Å². The lowest BCUT2D eigenvalue weighted by Gasteiger charge is -2.35. The van der Waals surface area contributed by atoms with Gasteiger partial charge in [0.2, 0.25) is 0 Å². The summed E-state index contributed by atoms with van der Waals surface area (Å²) in [5, 5.41) is 1.23. The third-order valence-corrected chi connectivity index (χ3v) is 2.64. The number of rotatable bonds is 2. The topological polar surface area (TPSA) is 49.4 Å². The maximum Gasteiger partial charge on any atom is 0.269 e. The molecule has 112 valence electrons. The van der Waals surface area contributed by atoms with Gasteiger partial charge in [-0.15, -0.1) is 5.92 Å². The van der Waals surface area contributed by atoms with Crippen LogP contribution in [-0.2, 0) is 4.79 Å². The minimum Gasteiger partial charge on any atom is -0.272 e. The first kappa shape index (κ1) is 16.7. The van der Waals surface area contributed by atoms with Crippen molar-refractivity contribution in [2.45, 2.75) is 39.7 Å². The van der Waals surface area contributed by atoms with E-state index in [0.717, 1.165) is 6.07 Å². The second-order valence-electron chi connectivity index (χ2n) is 5.45. The molecule has 0 aliphatic rings. The molecule has 0 saturated carbocycles. The number of hydrazine groups is 1. The molecule has 4 nitrogen and oxygen atoms in total. The van der Waals surface area contributed by atoms with Crippen LogP contribution >= 0.6 is 0 Å². The molecule has 0 aromatic heterocycles. The number of carbonyl (C=O) groups excluding carboxylic acids is 2. The first-order chi connectivity index (χ1) is 9.75. The molecule has 1 aromatic rings. The van der Waals surface area contributed by atoms with Crippen molar-refractivity contribution in [2.75, 3.05) is 0 Å². The van der Waals surface area contributed by atoms with Gasteiger partial charge in [0.15, 0.2) is 0 Å². The van der Waals surface area contributed by atoms with Crippen LogP contribution in [0.15, 0.2) is 24.3 Å². The summed E-state index contributed by atoms with van der Waals surface area (Å²) in [6, 6.07) is 5.29. The van der Waals surface area contributed by atoms with Crippen molar-refractivity contribution >= 4 is 11.8 Å². The van der Waals surface area contributed by atoms with E-state index in [9.17, 15) is 14.0 Å². The molecule has 0 bridgehead atoms. The highest BCUT2D eigenvalue weighted by Crippen LogP contribution is 2.13. The van der Waals surface area contributed by atoms with Crippen molar-refractivity contribution in [1.29, 1.82) is 0 Å². The predicted molar refractivity (Wildman–Crippen MR) is 78.5 cm³/mol. The number of amides is 2. The predicted octanol–water partition coefficient (Wildman–Crippen LogP) is 2.51. The Kier molecular flexibility index (Phi) is 5.48. The van der Waals surface area contributed by atoms with Crippen molar-refractivity contribution in [1.82, 2.24) is 10.4 Å². The monoisotopic (exact) mass is 290 g/mol. The fourth-order valence-electron chi connectivity index (χ4n) is 1.64. The van der Waals surface area contributed by atoms with E-state index in [4.69, 9.17) is 0 Å². The van der Waals surface area contributed by atoms with E-state index in [1.807, 2.05) is 0 Å². The maximum atomic E-state index is 13.1. The van der Waals surface area contributed by atoms with E-state index in [2.05, 4.69) is 17.3 Å². The fraction of sp³-hybridized carbons (Fsp3) is 0.375. The summed E-state index contributed by atoms with van der Waals surface area (Å²) < 4.78 is 13.1. The normalized spacial score (nSPS) is 10.3. The van der Waals surface area contributed by atoms with Gasteiger partial charge < -0.3 is 0 Å². The largest absolute Gasteiger partial charge is 0.272 e. The van der Waals surface area contributed by atoms with Crippen LogP contribution in [0, 0.1) is 17.7 Å². The number of hydrogen-bond donors (Lipinski definition) is 1. The van der Waals surface area contributed by atoms with Gasteiger partial charge in [-0.1, -0.05) is 12.0 Å². The van der Waals surface area contributed by atoms with E-state index in [-0.39, 0.29) is 17.9 Å². The van der Waals surface area contributed by atoms with E-state index in [0.29, 0.717) is 0 Å². The van der Waals surface area contributed by atoms with E-state index < -0.39 is 17.3 Å². The molecule has 0 aliphatic carbocycles. The Balaban J connectivity index is 2.93. The van der Waals surface area contributed by atoms with E-state index in [1.54, 1.807) is 27.7 Å². The minimum atomic E-state index is -0.616. The Morgan fingerprint density at radius 2 is 2.00 bits per heavy atom. The van der Waals surface area contributed by atoms with Gasteiger partial charge in [-0.2, -0.15) is 0 Å². The Morgan fingerprint density at radius 1 is 1.33 bits per heavy atom. The Bertz CT molecular complexity index is 594. The van der Waals surface area contributed by atoms with Gasteiger partial charge in [-0.3, -0.25) is 15.0 Å². The molecule has 21 heavy (non-hydrogen) atoms. The molecule has 0 radical (unpaired) electrons. The zero-order valence-electron chi connectivity index (χ0n) is 12.7.